The van der Waals surface area contributed by atoms with Crippen molar-refractivity contribution < 1.29 is 9.59 Å². The molecule has 0 aromatic carbocycles. The highest BCUT2D eigenvalue weighted by Crippen LogP contribution is 2.19. The summed E-state index contributed by atoms with van der Waals surface area (Å²) in [6.07, 6.45) is 4.73. The van der Waals surface area contributed by atoms with Gasteiger partial charge in [0.15, 0.2) is 0 Å². The highest BCUT2D eigenvalue weighted by Gasteiger charge is 2.20. The molecule has 2 N–H and O–H groups in total. The van der Waals surface area contributed by atoms with Gasteiger partial charge in [0.25, 0.3) is 5.91 Å². The summed E-state index contributed by atoms with van der Waals surface area (Å²) in [5, 5.41) is 17.9. The van der Waals surface area contributed by atoms with Crippen LogP contribution in [-0.2, 0) is 25.4 Å². The van der Waals surface area contributed by atoms with Crippen LogP contribution in [0.4, 0.5) is 11.4 Å². The minimum absolute atomic E-state index is 0.0180. The molecule has 2 amide bonds. The number of aryl methyl sites for hydroxylation is 3. The van der Waals surface area contributed by atoms with E-state index in [0.29, 0.717) is 11.4 Å². The Kier molecular flexibility index (Phi) is 5.13. The van der Waals surface area contributed by atoms with E-state index in [4.69, 9.17) is 0 Å². The maximum Gasteiger partial charge on any atom is 0.276 e. The predicted molar refractivity (Wildman–Crippen MR) is 102 cm³/mol. The molecule has 0 aliphatic rings. The van der Waals surface area contributed by atoms with E-state index in [0.717, 1.165) is 15.9 Å². The molecule has 0 aliphatic carbocycles. The number of carbonyl (C=O) groups excluding carboxylic acids is 2. The molecule has 0 atom stereocenters. The molecule has 11 heteroatoms. The Hall–Kier alpha value is -2.95. The molecule has 0 fully saturated rings. The fourth-order valence-corrected chi connectivity index (χ4v) is 2.83. The van der Waals surface area contributed by atoms with Crippen LogP contribution in [0.1, 0.15) is 21.9 Å². The van der Waals surface area contributed by atoms with Crippen LogP contribution < -0.4 is 10.6 Å². The maximum atomic E-state index is 12.7. The first-order chi connectivity index (χ1) is 12.8. The number of nitrogens with one attached hydrogen (secondary N) is 2. The topological polar surface area (TPSA) is 112 Å². The zero-order valence-corrected chi connectivity index (χ0v) is 16.9. The van der Waals surface area contributed by atoms with Gasteiger partial charge in [-0.3, -0.25) is 23.6 Å². The number of amides is 2. The van der Waals surface area contributed by atoms with Crippen LogP contribution in [0.3, 0.4) is 0 Å². The monoisotopic (exact) mass is 434 g/mol. The van der Waals surface area contributed by atoms with Crippen molar-refractivity contribution in [3.05, 3.63) is 40.1 Å². The summed E-state index contributed by atoms with van der Waals surface area (Å²) in [4.78, 5) is 25.0. The SMILES string of the molecule is Cc1nn(CC(=O)Nc2cnn(C)c2C(=O)Nc2cnn(C)c2C)cc1Br. The molecule has 0 radical (unpaired) electrons. The summed E-state index contributed by atoms with van der Waals surface area (Å²) < 4.78 is 5.41. The molecule has 0 saturated heterocycles. The fraction of sp³-hybridized carbons (Fsp3) is 0.312. The van der Waals surface area contributed by atoms with Crippen molar-refractivity contribution in [2.24, 2.45) is 14.1 Å². The summed E-state index contributed by atoms with van der Waals surface area (Å²) in [5.41, 5.74) is 2.76. The van der Waals surface area contributed by atoms with Gasteiger partial charge in [-0.25, -0.2) is 0 Å². The molecule has 0 bridgehead atoms. The number of anilines is 2. The van der Waals surface area contributed by atoms with Crippen LogP contribution in [0, 0.1) is 13.8 Å². The van der Waals surface area contributed by atoms with Crippen LogP contribution in [0.25, 0.3) is 0 Å². The normalized spacial score (nSPS) is 10.9. The van der Waals surface area contributed by atoms with E-state index in [1.54, 1.807) is 31.2 Å². The van der Waals surface area contributed by atoms with Crippen molar-refractivity contribution in [1.29, 1.82) is 0 Å². The van der Waals surface area contributed by atoms with Gasteiger partial charge in [-0.05, 0) is 29.8 Å². The van der Waals surface area contributed by atoms with Gasteiger partial charge in [-0.15, -0.1) is 0 Å². The lowest BCUT2D eigenvalue weighted by Crippen LogP contribution is -2.23. The molecule has 27 heavy (non-hydrogen) atoms. The molecule has 0 saturated carbocycles. The second-order valence-corrected chi connectivity index (χ2v) is 6.91. The molecular formula is C16H19BrN8O2. The molecule has 3 aromatic heterocycles. The van der Waals surface area contributed by atoms with Crippen molar-refractivity contribution in [2.45, 2.75) is 20.4 Å². The van der Waals surface area contributed by atoms with E-state index < -0.39 is 0 Å². The highest BCUT2D eigenvalue weighted by molar-refractivity contribution is 9.10. The van der Waals surface area contributed by atoms with Gasteiger partial charge < -0.3 is 10.6 Å². The summed E-state index contributed by atoms with van der Waals surface area (Å²) in [7, 11) is 3.42. The maximum absolute atomic E-state index is 12.7. The minimum Gasteiger partial charge on any atom is -0.321 e. The molecule has 142 valence electrons. The van der Waals surface area contributed by atoms with Crippen molar-refractivity contribution in [3.63, 3.8) is 0 Å². The van der Waals surface area contributed by atoms with Gasteiger partial charge in [0, 0.05) is 20.3 Å². The highest BCUT2D eigenvalue weighted by atomic mass is 79.9. The molecule has 0 unspecified atom stereocenters. The van der Waals surface area contributed by atoms with Crippen LogP contribution in [-0.4, -0.2) is 41.2 Å². The average Bonchev–Trinajstić information content (AvgIpc) is 3.21. The Morgan fingerprint density at radius 1 is 1.07 bits per heavy atom. The standard InChI is InChI=1S/C16H19BrN8O2/c1-9-11(17)7-25(22-9)8-14(26)20-13-6-19-24(4)15(13)16(27)21-12-5-18-23(3)10(12)2/h5-7H,8H2,1-4H3,(H,20,26)(H,21,27). The van der Waals surface area contributed by atoms with Crippen molar-refractivity contribution in [1.82, 2.24) is 29.3 Å². The molecule has 0 aliphatic heterocycles. The number of carbonyl (C=O) groups is 2. The second-order valence-electron chi connectivity index (χ2n) is 6.06. The Morgan fingerprint density at radius 3 is 2.33 bits per heavy atom. The summed E-state index contributed by atoms with van der Waals surface area (Å²) in [5.74, 6) is -0.705. The summed E-state index contributed by atoms with van der Waals surface area (Å²) in [6, 6.07) is 0. The molecule has 3 heterocycles. The number of halogens is 1. The Balaban J connectivity index is 1.74. The number of nitrogens with zero attached hydrogens (tertiary/aromatic N) is 6. The van der Waals surface area contributed by atoms with Crippen LogP contribution in [0.2, 0.25) is 0 Å². The van der Waals surface area contributed by atoms with E-state index in [-0.39, 0.29) is 24.1 Å². The van der Waals surface area contributed by atoms with Crippen LogP contribution in [0.15, 0.2) is 23.1 Å². The summed E-state index contributed by atoms with van der Waals surface area (Å²) in [6.45, 7) is 3.70. The van der Waals surface area contributed by atoms with Gasteiger partial charge >= 0.3 is 0 Å². The van der Waals surface area contributed by atoms with Crippen LogP contribution in [0.5, 0.6) is 0 Å². The first kappa shape index (κ1) is 18.8. The molecular weight excluding hydrogens is 416 g/mol. The van der Waals surface area contributed by atoms with Gasteiger partial charge in [-0.2, -0.15) is 15.3 Å². The molecule has 3 aromatic rings. The average molecular weight is 435 g/mol. The first-order valence-corrected chi connectivity index (χ1v) is 8.87. The third-order valence-electron chi connectivity index (χ3n) is 4.10. The Morgan fingerprint density at radius 2 is 1.74 bits per heavy atom. The molecule has 10 nitrogen and oxygen atoms in total. The second kappa shape index (κ2) is 7.35. The lowest BCUT2D eigenvalue weighted by Gasteiger charge is -2.09. The zero-order chi connectivity index (χ0) is 19.7. The van der Waals surface area contributed by atoms with E-state index in [1.807, 2.05) is 13.8 Å². The quantitative estimate of drug-likeness (QED) is 0.633. The van der Waals surface area contributed by atoms with Crippen molar-refractivity contribution >= 4 is 39.1 Å². The number of hydrogen-bond acceptors (Lipinski definition) is 5. The zero-order valence-electron chi connectivity index (χ0n) is 15.3. The van der Waals surface area contributed by atoms with Gasteiger partial charge in [-0.1, -0.05) is 0 Å². The van der Waals surface area contributed by atoms with Crippen molar-refractivity contribution in [3.8, 4) is 0 Å². The largest absolute Gasteiger partial charge is 0.321 e. The molecule has 0 spiro atoms. The Bertz CT molecular complexity index is 996. The number of aromatic nitrogens is 6. The van der Waals surface area contributed by atoms with E-state index in [1.165, 1.54) is 15.6 Å². The van der Waals surface area contributed by atoms with E-state index in [2.05, 4.69) is 41.9 Å². The van der Waals surface area contributed by atoms with Gasteiger partial charge in [0.05, 0.1) is 39.6 Å². The van der Waals surface area contributed by atoms with Crippen molar-refractivity contribution in [2.75, 3.05) is 10.6 Å². The lowest BCUT2D eigenvalue weighted by atomic mass is 10.3. The molecule has 3 rings (SSSR count). The predicted octanol–water partition coefficient (Wildman–Crippen LogP) is 1.62. The summed E-state index contributed by atoms with van der Waals surface area (Å²) >= 11 is 3.36. The minimum atomic E-state index is -0.390. The van der Waals surface area contributed by atoms with E-state index in [9.17, 15) is 9.59 Å². The van der Waals surface area contributed by atoms with Gasteiger partial charge in [0.2, 0.25) is 5.91 Å². The van der Waals surface area contributed by atoms with Gasteiger partial charge in [0.1, 0.15) is 12.2 Å². The first-order valence-electron chi connectivity index (χ1n) is 8.07. The lowest BCUT2D eigenvalue weighted by molar-refractivity contribution is -0.116. The number of rotatable bonds is 5. The third kappa shape index (κ3) is 3.92. The Labute approximate surface area is 163 Å². The fourth-order valence-electron chi connectivity index (χ4n) is 2.51. The smallest absolute Gasteiger partial charge is 0.276 e. The van der Waals surface area contributed by atoms with Crippen LogP contribution >= 0.6 is 15.9 Å². The third-order valence-corrected chi connectivity index (χ3v) is 4.88. The van der Waals surface area contributed by atoms with E-state index >= 15 is 0 Å². The number of hydrogen-bond donors (Lipinski definition) is 2.